The Hall–Kier alpha value is -3.70. The monoisotopic (exact) mass is 386 g/mol. The predicted molar refractivity (Wildman–Crippen MR) is 114 cm³/mol. The van der Waals surface area contributed by atoms with Gasteiger partial charge in [-0.25, -0.2) is 0 Å². The summed E-state index contributed by atoms with van der Waals surface area (Å²) in [5.74, 6) is 0.899. The second-order valence-corrected chi connectivity index (χ2v) is 6.91. The van der Waals surface area contributed by atoms with Crippen LogP contribution in [0, 0.1) is 11.3 Å². The van der Waals surface area contributed by atoms with Gasteiger partial charge in [0.2, 0.25) is 5.95 Å². The SMILES string of the molecule is CN1CCN(c2ccc(Nc3nncc(Nc4ccccc4C#N)n3)cc2)CC1. The van der Waals surface area contributed by atoms with Gasteiger partial charge in [-0.15, -0.1) is 5.10 Å². The maximum atomic E-state index is 9.22. The minimum absolute atomic E-state index is 0.386. The van der Waals surface area contributed by atoms with Gasteiger partial charge in [0, 0.05) is 37.6 Å². The van der Waals surface area contributed by atoms with Crippen LogP contribution in [0.1, 0.15) is 5.56 Å². The lowest BCUT2D eigenvalue weighted by molar-refractivity contribution is 0.313. The Morgan fingerprint density at radius 3 is 2.48 bits per heavy atom. The topological polar surface area (TPSA) is 93.0 Å². The maximum absolute atomic E-state index is 9.22. The van der Waals surface area contributed by atoms with E-state index in [9.17, 15) is 5.26 Å². The summed E-state index contributed by atoms with van der Waals surface area (Å²) in [6.45, 7) is 4.23. The number of benzene rings is 2. The summed E-state index contributed by atoms with van der Waals surface area (Å²) < 4.78 is 0. The van der Waals surface area contributed by atoms with Gasteiger partial charge in [-0.05, 0) is 43.4 Å². The summed E-state index contributed by atoms with van der Waals surface area (Å²) in [5.41, 5.74) is 3.32. The van der Waals surface area contributed by atoms with Crippen molar-refractivity contribution in [3.8, 4) is 6.07 Å². The van der Waals surface area contributed by atoms with Crippen molar-refractivity contribution < 1.29 is 0 Å². The van der Waals surface area contributed by atoms with Crippen molar-refractivity contribution in [2.45, 2.75) is 0 Å². The molecule has 1 aliphatic rings. The molecular formula is C21H22N8. The summed E-state index contributed by atoms with van der Waals surface area (Å²) >= 11 is 0. The lowest BCUT2D eigenvalue weighted by atomic mass is 10.2. The first-order valence-corrected chi connectivity index (χ1v) is 9.48. The summed E-state index contributed by atoms with van der Waals surface area (Å²) in [6, 6.07) is 17.6. The van der Waals surface area contributed by atoms with Gasteiger partial charge < -0.3 is 20.4 Å². The molecule has 4 rings (SSSR count). The van der Waals surface area contributed by atoms with Crippen LogP contribution in [0.2, 0.25) is 0 Å². The molecule has 0 radical (unpaired) electrons. The smallest absolute Gasteiger partial charge is 0.249 e. The van der Waals surface area contributed by atoms with E-state index in [1.807, 2.05) is 30.3 Å². The molecule has 0 aliphatic carbocycles. The fourth-order valence-electron chi connectivity index (χ4n) is 3.19. The average molecular weight is 386 g/mol. The highest BCUT2D eigenvalue weighted by Crippen LogP contribution is 2.22. The molecule has 146 valence electrons. The second kappa shape index (κ2) is 8.54. The van der Waals surface area contributed by atoms with E-state index in [1.165, 1.54) is 11.9 Å². The predicted octanol–water partition coefficient (Wildman–Crippen LogP) is 2.98. The van der Waals surface area contributed by atoms with Crippen molar-refractivity contribution in [1.29, 1.82) is 5.26 Å². The number of para-hydroxylation sites is 1. The third-order valence-electron chi connectivity index (χ3n) is 4.86. The molecule has 0 unspecified atom stereocenters. The number of hydrogen-bond acceptors (Lipinski definition) is 8. The highest BCUT2D eigenvalue weighted by molar-refractivity contribution is 5.65. The van der Waals surface area contributed by atoms with Gasteiger partial charge >= 0.3 is 0 Å². The largest absolute Gasteiger partial charge is 0.369 e. The van der Waals surface area contributed by atoms with E-state index in [1.54, 1.807) is 6.07 Å². The Morgan fingerprint density at radius 1 is 0.966 bits per heavy atom. The standard InChI is InChI=1S/C21H22N8/c1-28-10-12-29(13-11-28)18-8-6-17(7-9-18)24-21-26-20(15-23-27-21)25-19-5-3-2-4-16(19)14-22/h2-9,15H,10-13H2,1H3,(H2,24,25,26,27). The van der Waals surface area contributed by atoms with Crippen LogP contribution in [0.15, 0.2) is 54.7 Å². The zero-order valence-electron chi connectivity index (χ0n) is 16.2. The molecule has 8 nitrogen and oxygen atoms in total. The lowest BCUT2D eigenvalue weighted by Gasteiger charge is -2.34. The van der Waals surface area contributed by atoms with Crippen LogP contribution in [0.3, 0.4) is 0 Å². The van der Waals surface area contributed by atoms with Gasteiger partial charge in [-0.1, -0.05) is 12.1 Å². The Bertz CT molecular complexity index is 1000. The van der Waals surface area contributed by atoms with Gasteiger partial charge in [-0.2, -0.15) is 15.3 Å². The number of nitriles is 1. The Balaban J connectivity index is 1.43. The highest BCUT2D eigenvalue weighted by Gasteiger charge is 2.14. The van der Waals surface area contributed by atoms with Crippen LogP contribution in [-0.4, -0.2) is 53.3 Å². The van der Waals surface area contributed by atoms with Gasteiger partial charge in [0.1, 0.15) is 6.07 Å². The summed E-state index contributed by atoms with van der Waals surface area (Å²) in [4.78, 5) is 9.17. The number of rotatable bonds is 5. The molecule has 0 saturated carbocycles. The fourth-order valence-corrected chi connectivity index (χ4v) is 3.19. The molecule has 0 bridgehead atoms. The van der Waals surface area contributed by atoms with Crippen molar-refractivity contribution in [1.82, 2.24) is 20.1 Å². The molecule has 1 saturated heterocycles. The van der Waals surface area contributed by atoms with Crippen LogP contribution in [0.4, 0.5) is 28.8 Å². The summed E-state index contributed by atoms with van der Waals surface area (Å²) in [5, 5.41) is 23.6. The van der Waals surface area contributed by atoms with E-state index in [4.69, 9.17) is 0 Å². The van der Waals surface area contributed by atoms with Crippen LogP contribution < -0.4 is 15.5 Å². The van der Waals surface area contributed by atoms with Gasteiger partial charge in [0.15, 0.2) is 5.82 Å². The number of hydrogen-bond donors (Lipinski definition) is 2. The van der Waals surface area contributed by atoms with E-state index < -0.39 is 0 Å². The van der Waals surface area contributed by atoms with Crippen molar-refractivity contribution >= 4 is 28.8 Å². The molecular weight excluding hydrogens is 364 g/mol. The van der Waals surface area contributed by atoms with Crippen molar-refractivity contribution in [2.24, 2.45) is 0 Å². The Kier molecular flexibility index (Phi) is 5.49. The molecule has 0 amide bonds. The minimum Gasteiger partial charge on any atom is -0.369 e. The molecule has 0 spiro atoms. The van der Waals surface area contributed by atoms with Crippen molar-refractivity contribution in [2.75, 3.05) is 48.8 Å². The van der Waals surface area contributed by atoms with Crippen molar-refractivity contribution in [3.05, 3.63) is 60.3 Å². The van der Waals surface area contributed by atoms with Gasteiger partial charge in [0.05, 0.1) is 17.4 Å². The number of piperazine rings is 1. The fraction of sp³-hybridized carbons (Fsp3) is 0.238. The number of anilines is 5. The molecule has 2 heterocycles. The number of likely N-dealkylation sites (N-methyl/N-ethyl adjacent to an activating group) is 1. The van der Waals surface area contributed by atoms with E-state index in [2.05, 4.69) is 60.9 Å². The Morgan fingerprint density at radius 2 is 1.72 bits per heavy atom. The molecule has 1 aliphatic heterocycles. The average Bonchev–Trinajstić information content (AvgIpc) is 2.76. The third-order valence-corrected chi connectivity index (χ3v) is 4.86. The molecule has 1 aromatic heterocycles. The van der Waals surface area contributed by atoms with E-state index in [-0.39, 0.29) is 0 Å². The molecule has 2 N–H and O–H groups in total. The third kappa shape index (κ3) is 4.59. The molecule has 29 heavy (non-hydrogen) atoms. The summed E-state index contributed by atoms with van der Waals surface area (Å²) in [6.07, 6.45) is 1.52. The Labute approximate surface area is 169 Å². The summed E-state index contributed by atoms with van der Waals surface area (Å²) in [7, 11) is 2.15. The molecule has 0 atom stereocenters. The van der Waals surface area contributed by atoms with Crippen molar-refractivity contribution in [3.63, 3.8) is 0 Å². The lowest BCUT2D eigenvalue weighted by Crippen LogP contribution is -2.44. The second-order valence-electron chi connectivity index (χ2n) is 6.91. The van der Waals surface area contributed by atoms with Crippen LogP contribution in [-0.2, 0) is 0 Å². The first-order valence-electron chi connectivity index (χ1n) is 9.48. The molecule has 8 heteroatoms. The minimum atomic E-state index is 0.386. The zero-order chi connectivity index (χ0) is 20.1. The van der Waals surface area contributed by atoms with Crippen LogP contribution in [0.5, 0.6) is 0 Å². The zero-order valence-corrected chi connectivity index (χ0v) is 16.2. The van der Waals surface area contributed by atoms with Crippen LogP contribution >= 0.6 is 0 Å². The molecule has 2 aromatic carbocycles. The number of nitrogens with zero attached hydrogens (tertiary/aromatic N) is 6. The van der Waals surface area contributed by atoms with E-state index in [0.717, 1.165) is 31.9 Å². The normalized spacial score (nSPS) is 14.3. The maximum Gasteiger partial charge on any atom is 0.249 e. The number of aromatic nitrogens is 3. The molecule has 1 fully saturated rings. The van der Waals surface area contributed by atoms with Crippen LogP contribution in [0.25, 0.3) is 0 Å². The highest BCUT2D eigenvalue weighted by atomic mass is 15.3. The van der Waals surface area contributed by atoms with E-state index >= 15 is 0 Å². The van der Waals surface area contributed by atoms with E-state index in [0.29, 0.717) is 23.0 Å². The quantitative estimate of drug-likeness (QED) is 0.691. The number of nitrogens with one attached hydrogen (secondary N) is 2. The molecule has 3 aromatic rings. The van der Waals surface area contributed by atoms with Gasteiger partial charge in [0.25, 0.3) is 0 Å². The first-order chi connectivity index (χ1) is 14.2. The first kappa shape index (κ1) is 18.7. The van der Waals surface area contributed by atoms with Gasteiger partial charge in [-0.3, -0.25) is 0 Å².